The van der Waals surface area contributed by atoms with Crippen molar-refractivity contribution in [1.82, 2.24) is 10.0 Å². The standard InChI is InChI=1S/C35H34F3N3O7S/c1-4-46-29-8-6-7-25-30(29)26-19-41(20-27(26)32(31(25)42)47-5-2)28-14-9-22(17-21(28)3)18-34(15-16-34)39-33(43)40-49(44,45)24-12-10-23(11-13-24)48-35(36,37)38/h6-14,17,19H,4-5,15-16,18,20H2,1-3H3,(H2,39,40,43). The number of nitrogens with zero attached hydrogens (tertiary/aromatic N) is 1. The Hall–Kier alpha value is -4.98. The van der Waals surface area contributed by atoms with Crippen molar-refractivity contribution in [2.75, 3.05) is 24.7 Å². The zero-order valence-corrected chi connectivity index (χ0v) is 27.8. The van der Waals surface area contributed by atoms with Crippen LogP contribution in [0.3, 0.4) is 0 Å². The lowest BCUT2D eigenvalue weighted by Gasteiger charge is -2.23. The van der Waals surface area contributed by atoms with Gasteiger partial charge in [-0.1, -0.05) is 24.3 Å². The Morgan fingerprint density at radius 3 is 2.35 bits per heavy atom. The molecule has 3 aromatic rings. The van der Waals surface area contributed by atoms with Gasteiger partial charge in [0.2, 0.25) is 5.78 Å². The normalized spacial score (nSPS) is 16.4. The number of ketones is 1. The first-order valence-corrected chi connectivity index (χ1v) is 17.2. The van der Waals surface area contributed by atoms with Crippen molar-refractivity contribution in [3.63, 3.8) is 0 Å². The SMILES string of the molecule is CCOC1=C2CN(c3ccc(CC4(NC(=O)NS(=O)(=O)c5ccc(OC(F)(F)F)cc5)CC4)cc3C)C=C2c2c(OCC)cccc2C1=O. The first-order valence-electron chi connectivity index (χ1n) is 15.7. The van der Waals surface area contributed by atoms with Crippen LogP contribution in [0.2, 0.25) is 0 Å². The number of Topliss-reactive ketones (excluding diaryl/α,β-unsaturated/α-hetero) is 1. The summed E-state index contributed by atoms with van der Waals surface area (Å²) >= 11 is 0. The minimum Gasteiger partial charge on any atom is -0.493 e. The number of hydrogen-bond acceptors (Lipinski definition) is 8. The molecule has 3 aliphatic rings. The lowest BCUT2D eigenvalue weighted by Crippen LogP contribution is -2.46. The van der Waals surface area contributed by atoms with Crippen molar-refractivity contribution in [2.45, 2.75) is 56.8 Å². The second kappa shape index (κ2) is 12.8. The highest BCUT2D eigenvalue weighted by molar-refractivity contribution is 7.90. The molecule has 10 nitrogen and oxygen atoms in total. The van der Waals surface area contributed by atoms with Crippen LogP contribution in [0.25, 0.3) is 5.57 Å². The van der Waals surface area contributed by atoms with Gasteiger partial charge in [-0.2, -0.15) is 0 Å². The molecule has 6 rings (SSSR count). The topological polar surface area (TPSA) is 123 Å². The van der Waals surface area contributed by atoms with Gasteiger partial charge in [-0.3, -0.25) is 4.79 Å². The predicted molar refractivity (Wildman–Crippen MR) is 175 cm³/mol. The number of fused-ring (bicyclic) bond motifs is 3. The fourth-order valence-electron chi connectivity index (χ4n) is 6.23. The molecule has 3 aromatic carbocycles. The molecule has 1 saturated carbocycles. The first-order chi connectivity index (χ1) is 23.2. The molecule has 2 aliphatic carbocycles. The van der Waals surface area contributed by atoms with E-state index in [1.165, 1.54) is 0 Å². The van der Waals surface area contributed by atoms with E-state index in [9.17, 15) is 31.2 Å². The number of carbonyl (C=O) groups is 2. The van der Waals surface area contributed by atoms with Crippen LogP contribution >= 0.6 is 0 Å². The van der Waals surface area contributed by atoms with Gasteiger partial charge in [0.05, 0.1) is 24.7 Å². The number of sulfonamides is 1. The average molecular weight is 698 g/mol. The van der Waals surface area contributed by atoms with Gasteiger partial charge in [-0.15, -0.1) is 13.2 Å². The molecule has 1 fully saturated rings. The summed E-state index contributed by atoms with van der Waals surface area (Å²) in [5, 5.41) is 2.77. The van der Waals surface area contributed by atoms with E-state index >= 15 is 0 Å². The van der Waals surface area contributed by atoms with Crippen molar-refractivity contribution in [3.8, 4) is 11.5 Å². The highest BCUT2D eigenvalue weighted by Crippen LogP contribution is 2.46. The van der Waals surface area contributed by atoms with E-state index in [0.717, 1.165) is 57.8 Å². The van der Waals surface area contributed by atoms with E-state index in [1.807, 2.05) is 56.0 Å². The number of nitrogens with one attached hydrogen (secondary N) is 2. The van der Waals surface area contributed by atoms with Crippen molar-refractivity contribution in [1.29, 1.82) is 0 Å². The second-order valence-corrected chi connectivity index (χ2v) is 13.7. The lowest BCUT2D eigenvalue weighted by molar-refractivity contribution is -0.274. The van der Waals surface area contributed by atoms with Crippen LogP contribution in [0, 0.1) is 6.92 Å². The van der Waals surface area contributed by atoms with Gasteiger partial charge in [-0.25, -0.2) is 17.9 Å². The molecule has 1 heterocycles. The largest absolute Gasteiger partial charge is 0.573 e. The third-order valence-electron chi connectivity index (χ3n) is 8.49. The molecule has 0 spiro atoms. The maximum Gasteiger partial charge on any atom is 0.573 e. The molecule has 0 aromatic heterocycles. The van der Waals surface area contributed by atoms with Crippen molar-refractivity contribution in [3.05, 3.63) is 100 Å². The van der Waals surface area contributed by atoms with Crippen molar-refractivity contribution >= 4 is 33.1 Å². The molecule has 0 bridgehead atoms. The molecule has 0 atom stereocenters. The van der Waals surface area contributed by atoms with Crippen LogP contribution in [0.4, 0.5) is 23.7 Å². The van der Waals surface area contributed by atoms with Gasteiger partial charge >= 0.3 is 12.4 Å². The summed E-state index contributed by atoms with van der Waals surface area (Å²) in [6.07, 6.45) is -1.20. The fourth-order valence-corrected chi connectivity index (χ4v) is 7.14. The number of benzene rings is 3. The Bertz CT molecular complexity index is 1990. The monoisotopic (exact) mass is 697 g/mol. The number of amides is 2. The molecule has 258 valence electrons. The smallest absolute Gasteiger partial charge is 0.493 e. The highest BCUT2D eigenvalue weighted by atomic mass is 32.2. The Kier molecular flexibility index (Phi) is 8.86. The van der Waals surface area contributed by atoms with E-state index in [-0.39, 0.29) is 5.78 Å². The van der Waals surface area contributed by atoms with Gasteiger partial charge in [0, 0.05) is 39.7 Å². The van der Waals surface area contributed by atoms with E-state index in [4.69, 9.17) is 9.47 Å². The summed E-state index contributed by atoms with van der Waals surface area (Å²) in [5.41, 5.74) is 5.10. The van der Waals surface area contributed by atoms with E-state index in [0.29, 0.717) is 56.1 Å². The molecule has 2 N–H and O–H groups in total. The number of allylic oxidation sites excluding steroid dienone is 1. The fraction of sp³-hybridized carbons (Fsp3) is 0.314. The summed E-state index contributed by atoms with van der Waals surface area (Å²) in [7, 11) is -4.36. The van der Waals surface area contributed by atoms with E-state index in [1.54, 1.807) is 12.1 Å². The number of anilines is 1. The molecular weight excluding hydrogens is 663 g/mol. The number of alkyl halides is 3. The van der Waals surface area contributed by atoms with Crippen LogP contribution in [0.15, 0.2) is 83.1 Å². The van der Waals surface area contributed by atoms with Gasteiger partial charge in [0.25, 0.3) is 10.0 Å². The maximum absolute atomic E-state index is 13.5. The Labute approximate surface area is 281 Å². The van der Waals surface area contributed by atoms with E-state index < -0.39 is 38.6 Å². The zero-order valence-electron chi connectivity index (χ0n) is 26.9. The molecule has 2 amide bonds. The Balaban J connectivity index is 1.16. The minimum absolute atomic E-state index is 0.174. The van der Waals surface area contributed by atoms with E-state index in [2.05, 4.69) is 15.0 Å². The number of hydrogen-bond donors (Lipinski definition) is 2. The molecule has 0 radical (unpaired) electrons. The van der Waals surface area contributed by atoms with Gasteiger partial charge < -0.3 is 24.4 Å². The second-order valence-electron chi connectivity index (χ2n) is 12.0. The van der Waals surface area contributed by atoms with Crippen LogP contribution in [-0.2, 0) is 21.2 Å². The number of rotatable bonds is 11. The summed E-state index contributed by atoms with van der Waals surface area (Å²) in [6.45, 7) is 6.93. The predicted octanol–water partition coefficient (Wildman–Crippen LogP) is 6.40. The summed E-state index contributed by atoms with van der Waals surface area (Å²) in [4.78, 5) is 27.9. The number of urea groups is 1. The number of carbonyl (C=O) groups excluding carboxylic acids is 2. The molecule has 0 saturated heterocycles. The van der Waals surface area contributed by atoms with Crippen LogP contribution in [0.1, 0.15) is 53.7 Å². The number of ether oxygens (including phenoxy) is 3. The summed E-state index contributed by atoms with van der Waals surface area (Å²) in [6, 6.07) is 14.0. The molecule has 1 aliphatic heterocycles. The average Bonchev–Trinajstić information content (AvgIpc) is 3.62. The first kappa shape index (κ1) is 33.9. The molecule has 0 unspecified atom stereocenters. The Morgan fingerprint density at radius 2 is 1.71 bits per heavy atom. The molecular formula is C35H34F3N3O7S. The van der Waals surface area contributed by atoms with Gasteiger partial charge in [0.15, 0.2) is 5.76 Å². The quantitative estimate of drug-likeness (QED) is 0.236. The summed E-state index contributed by atoms with van der Waals surface area (Å²) in [5.74, 6) is 0.208. The summed E-state index contributed by atoms with van der Waals surface area (Å²) < 4.78 is 80.2. The Morgan fingerprint density at radius 1 is 1.00 bits per heavy atom. The van der Waals surface area contributed by atoms with Crippen molar-refractivity contribution < 1.29 is 45.4 Å². The third kappa shape index (κ3) is 7.09. The van der Waals surface area contributed by atoms with Crippen LogP contribution < -0.4 is 24.4 Å². The van der Waals surface area contributed by atoms with Crippen LogP contribution in [-0.4, -0.2) is 51.9 Å². The zero-order chi connectivity index (χ0) is 35.1. The highest BCUT2D eigenvalue weighted by Gasteiger charge is 2.45. The third-order valence-corrected chi connectivity index (χ3v) is 9.83. The van der Waals surface area contributed by atoms with Gasteiger partial charge in [0.1, 0.15) is 11.5 Å². The molecule has 49 heavy (non-hydrogen) atoms. The minimum atomic E-state index is -4.92. The van der Waals surface area contributed by atoms with Crippen molar-refractivity contribution in [2.24, 2.45) is 0 Å². The van der Waals surface area contributed by atoms with Crippen LogP contribution in [0.5, 0.6) is 11.5 Å². The molecule has 14 heteroatoms. The van der Waals surface area contributed by atoms with Gasteiger partial charge in [-0.05, 0) is 87.6 Å². The maximum atomic E-state index is 13.5. The lowest BCUT2D eigenvalue weighted by atomic mass is 9.85. The number of aryl methyl sites for hydroxylation is 1. The number of halogens is 3.